The maximum absolute atomic E-state index is 11.5. The van der Waals surface area contributed by atoms with Crippen LogP contribution in [0.15, 0.2) is 22.7 Å². The predicted molar refractivity (Wildman–Crippen MR) is 77.0 cm³/mol. The molecule has 1 atom stereocenters. The van der Waals surface area contributed by atoms with Gasteiger partial charge in [-0.15, -0.1) is 0 Å². The van der Waals surface area contributed by atoms with Gasteiger partial charge in [0.15, 0.2) is 0 Å². The first-order valence-corrected chi connectivity index (χ1v) is 6.85. The molecule has 1 rings (SSSR count). The number of methoxy groups -OCH3 is 1. The molecule has 0 aliphatic heterocycles. The van der Waals surface area contributed by atoms with E-state index in [-0.39, 0.29) is 12.0 Å². The zero-order valence-electron chi connectivity index (χ0n) is 11.3. The number of benzene rings is 1. The minimum atomic E-state index is -0.371. The number of carbonyl (C=O) groups excluding carboxylic acids is 2. The Kier molecular flexibility index (Phi) is 6.02. The molecule has 0 aliphatic rings. The second-order valence-electron chi connectivity index (χ2n) is 4.64. The topological polar surface area (TPSA) is 55.4 Å². The second kappa shape index (κ2) is 7.28. The highest BCUT2D eigenvalue weighted by molar-refractivity contribution is 9.10. The van der Waals surface area contributed by atoms with Crippen molar-refractivity contribution in [2.24, 2.45) is 5.92 Å². The molecule has 1 N–H and O–H groups in total. The molecule has 4 nitrogen and oxygen atoms in total. The summed E-state index contributed by atoms with van der Waals surface area (Å²) in [6.07, 6.45) is 1.44. The number of rotatable bonds is 6. The third kappa shape index (κ3) is 4.35. The smallest absolute Gasteiger partial charge is 0.338 e. The van der Waals surface area contributed by atoms with Crippen LogP contribution in [0.5, 0.6) is 0 Å². The predicted octanol–water partition coefficient (Wildman–Crippen LogP) is 2.55. The summed E-state index contributed by atoms with van der Waals surface area (Å²) < 4.78 is 5.39. The van der Waals surface area contributed by atoms with Crippen molar-refractivity contribution >= 4 is 28.3 Å². The van der Waals surface area contributed by atoms with Crippen LogP contribution in [0, 0.1) is 5.92 Å². The van der Waals surface area contributed by atoms with Gasteiger partial charge in [-0.3, -0.25) is 4.79 Å². The van der Waals surface area contributed by atoms with E-state index in [1.54, 1.807) is 6.07 Å². The molecule has 1 aromatic carbocycles. The van der Waals surface area contributed by atoms with E-state index < -0.39 is 0 Å². The first-order valence-electron chi connectivity index (χ1n) is 6.06. The van der Waals surface area contributed by atoms with Gasteiger partial charge in [0.25, 0.3) is 0 Å². The summed E-state index contributed by atoms with van der Waals surface area (Å²) in [7, 11) is 1.35. The molecule has 5 heteroatoms. The summed E-state index contributed by atoms with van der Waals surface area (Å²) in [4.78, 5) is 22.0. The molecule has 0 bridgehead atoms. The van der Waals surface area contributed by atoms with Gasteiger partial charge >= 0.3 is 5.97 Å². The Labute approximate surface area is 121 Å². The first-order chi connectivity index (χ1) is 8.99. The Morgan fingerprint density at radius 2 is 2.16 bits per heavy atom. The van der Waals surface area contributed by atoms with Gasteiger partial charge in [-0.1, -0.05) is 19.9 Å². The van der Waals surface area contributed by atoms with Crippen LogP contribution >= 0.6 is 15.9 Å². The van der Waals surface area contributed by atoms with Gasteiger partial charge < -0.3 is 10.1 Å². The Balaban J connectivity index is 2.88. The molecule has 0 aromatic heterocycles. The Morgan fingerprint density at radius 3 is 2.63 bits per heavy atom. The van der Waals surface area contributed by atoms with Crippen molar-refractivity contribution < 1.29 is 14.3 Å². The molecule has 19 heavy (non-hydrogen) atoms. The van der Waals surface area contributed by atoms with Crippen molar-refractivity contribution in [2.75, 3.05) is 7.11 Å². The van der Waals surface area contributed by atoms with Crippen LogP contribution in [0.3, 0.4) is 0 Å². The fourth-order valence-corrected chi connectivity index (χ4v) is 2.38. The largest absolute Gasteiger partial charge is 0.465 e. The van der Waals surface area contributed by atoms with Crippen LogP contribution < -0.4 is 5.32 Å². The maximum atomic E-state index is 11.5. The van der Waals surface area contributed by atoms with Crippen molar-refractivity contribution in [2.45, 2.75) is 26.3 Å². The summed E-state index contributed by atoms with van der Waals surface area (Å²) in [5.41, 5.74) is 1.54. The monoisotopic (exact) mass is 327 g/mol. The highest BCUT2D eigenvalue weighted by Gasteiger charge is 2.15. The zero-order valence-corrected chi connectivity index (χ0v) is 12.9. The van der Waals surface area contributed by atoms with E-state index in [4.69, 9.17) is 0 Å². The lowest BCUT2D eigenvalue weighted by atomic mass is 9.96. The average molecular weight is 328 g/mol. The molecule has 0 aliphatic carbocycles. The Morgan fingerprint density at radius 1 is 1.47 bits per heavy atom. The fraction of sp³-hybridized carbons (Fsp3) is 0.429. The van der Waals surface area contributed by atoms with E-state index in [2.05, 4.69) is 39.8 Å². The fourth-order valence-electron chi connectivity index (χ4n) is 1.79. The minimum Gasteiger partial charge on any atom is -0.465 e. The lowest BCUT2D eigenvalue weighted by molar-refractivity contribution is -0.110. The van der Waals surface area contributed by atoms with Crippen molar-refractivity contribution in [3.63, 3.8) is 0 Å². The van der Waals surface area contributed by atoms with Crippen molar-refractivity contribution in [1.29, 1.82) is 0 Å². The van der Waals surface area contributed by atoms with E-state index in [0.717, 1.165) is 18.4 Å². The van der Waals surface area contributed by atoms with Crippen LogP contribution in [0.25, 0.3) is 0 Å². The minimum absolute atomic E-state index is 0.0772. The first kappa shape index (κ1) is 15.7. The van der Waals surface area contributed by atoms with Crippen LogP contribution in [0.4, 0.5) is 0 Å². The molecule has 0 saturated heterocycles. The molecule has 0 spiro atoms. The van der Waals surface area contributed by atoms with Gasteiger partial charge in [-0.25, -0.2) is 4.79 Å². The number of hydrogen-bond donors (Lipinski definition) is 1. The number of hydrogen-bond acceptors (Lipinski definition) is 3. The van der Waals surface area contributed by atoms with Crippen LogP contribution in [0.2, 0.25) is 0 Å². The number of esters is 1. The highest BCUT2D eigenvalue weighted by Crippen LogP contribution is 2.21. The Hall–Kier alpha value is -1.36. The van der Waals surface area contributed by atoms with E-state index >= 15 is 0 Å². The molecular weight excluding hydrogens is 310 g/mol. The van der Waals surface area contributed by atoms with E-state index in [1.807, 2.05) is 12.1 Å². The number of ether oxygens (including phenoxy) is 1. The molecule has 1 unspecified atom stereocenters. The third-order valence-electron chi connectivity index (χ3n) is 2.98. The molecule has 0 heterocycles. The number of halogens is 1. The Bertz CT molecular complexity index is 460. The normalized spacial score (nSPS) is 12.1. The maximum Gasteiger partial charge on any atom is 0.338 e. The van der Waals surface area contributed by atoms with Crippen molar-refractivity contribution in [1.82, 2.24) is 5.32 Å². The van der Waals surface area contributed by atoms with Crippen molar-refractivity contribution in [3.05, 3.63) is 33.8 Å². The summed E-state index contributed by atoms with van der Waals surface area (Å²) in [5.74, 6) is -0.0332. The van der Waals surface area contributed by atoms with E-state index in [1.165, 1.54) is 7.11 Å². The summed E-state index contributed by atoms with van der Waals surface area (Å²) in [6, 6.07) is 5.56. The summed E-state index contributed by atoms with van der Waals surface area (Å²) in [6.45, 7) is 4.11. The van der Waals surface area contributed by atoms with Gasteiger partial charge in [0, 0.05) is 10.5 Å². The zero-order chi connectivity index (χ0) is 14.4. The van der Waals surface area contributed by atoms with Crippen LogP contribution in [-0.4, -0.2) is 25.5 Å². The molecule has 0 fully saturated rings. The number of carbonyl (C=O) groups is 2. The third-order valence-corrected chi connectivity index (χ3v) is 3.64. The van der Waals surface area contributed by atoms with E-state index in [9.17, 15) is 9.59 Å². The molecular formula is C14H18BrNO3. The van der Waals surface area contributed by atoms with Crippen LogP contribution in [0.1, 0.15) is 29.8 Å². The number of nitrogens with one attached hydrogen (secondary N) is 1. The molecule has 104 valence electrons. The van der Waals surface area contributed by atoms with Gasteiger partial charge in [0.2, 0.25) is 6.41 Å². The highest BCUT2D eigenvalue weighted by atomic mass is 79.9. The van der Waals surface area contributed by atoms with E-state index in [0.29, 0.717) is 16.0 Å². The lowest BCUT2D eigenvalue weighted by Crippen LogP contribution is -2.34. The second-order valence-corrected chi connectivity index (χ2v) is 5.50. The van der Waals surface area contributed by atoms with Gasteiger partial charge in [0.05, 0.1) is 12.7 Å². The summed E-state index contributed by atoms with van der Waals surface area (Å²) in [5, 5.41) is 2.81. The molecule has 1 amide bonds. The number of amides is 1. The van der Waals surface area contributed by atoms with Crippen molar-refractivity contribution in [3.8, 4) is 0 Å². The standard InChI is InChI=1S/C14H18BrNO3/c1-9(2)13(16-8-17)7-10-4-5-11(12(15)6-10)14(18)19-3/h4-6,8-9,13H,7H2,1-3H3,(H,16,17). The van der Waals surface area contributed by atoms with Gasteiger partial charge in [-0.2, -0.15) is 0 Å². The molecule has 1 aromatic rings. The van der Waals surface area contributed by atoms with Gasteiger partial charge in [0.1, 0.15) is 0 Å². The average Bonchev–Trinajstić information content (AvgIpc) is 2.37. The molecule has 0 radical (unpaired) electrons. The van der Waals surface area contributed by atoms with Crippen LogP contribution in [-0.2, 0) is 16.0 Å². The SMILES string of the molecule is COC(=O)c1ccc(CC(NC=O)C(C)C)cc1Br. The van der Waals surface area contributed by atoms with Gasteiger partial charge in [-0.05, 0) is 46.0 Å². The summed E-state index contributed by atoms with van der Waals surface area (Å²) >= 11 is 3.36. The molecule has 0 saturated carbocycles. The lowest BCUT2D eigenvalue weighted by Gasteiger charge is -2.20. The quantitative estimate of drug-likeness (QED) is 0.645.